The molecule has 2 rings (SSSR count). The summed E-state index contributed by atoms with van der Waals surface area (Å²) in [6.07, 6.45) is 2.46. The van der Waals surface area contributed by atoms with Crippen molar-refractivity contribution in [1.82, 2.24) is 15.1 Å². The van der Waals surface area contributed by atoms with Crippen LogP contribution < -0.4 is 10.1 Å². The van der Waals surface area contributed by atoms with Crippen LogP contribution >= 0.6 is 0 Å². The molecular weight excluding hydrogens is 294 g/mol. The first-order chi connectivity index (χ1) is 10.8. The number of amides is 1. The molecule has 1 heterocycles. The Morgan fingerprint density at radius 3 is 2.52 bits per heavy atom. The molecule has 1 amide bonds. The minimum atomic E-state index is -0.775. The SMILES string of the molecule is COc1ccc(C(O)CNC(=O)c2cnn(C(C)(C)C)c2)cc1. The quantitative estimate of drug-likeness (QED) is 0.885. The summed E-state index contributed by atoms with van der Waals surface area (Å²) in [5.41, 5.74) is 1.01. The lowest BCUT2D eigenvalue weighted by molar-refractivity contribution is 0.0916. The van der Waals surface area contributed by atoms with Gasteiger partial charge in [-0.2, -0.15) is 5.10 Å². The number of methoxy groups -OCH3 is 1. The second kappa shape index (κ2) is 6.83. The summed E-state index contributed by atoms with van der Waals surface area (Å²) in [6.45, 7) is 6.16. The van der Waals surface area contributed by atoms with Gasteiger partial charge >= 0.3 is 0 Å². The van der Waals surface area contributed by atoms with Crippen LogP contribution in [0, 0.1) is 0 Å². The number of carbonyl (C=O) groups excluding carboxylic acids is 1. The number of ether oxygens (including phenoxy) is 1. The Kier molecular flexibility index (Phi) is 5.05. The third-order valence-corrected chi connectivity index (χ3v) is 3.49. The smallest absolute Gasteiger partial charge is 0.254 e. The van der Waals surface area contributed by atoms with Gasteiger partial charge < -0.3 is 15.2 Å². The summed E-state index contributed by atoms with van der Waals surface area (Å²) >= 11 is 0. The van der Waals surface area contributed by atoms with E-state index < -0.39 is 6.10 Å². The molecule has 124 valence electrons. The van der Waals surface area contributed by atoms with Crippen molar-refractivity contribution in [2.45, 2.75) is 32.4 Å². The fourth-order valence-electron chi connectivity index (χ4n) is 2.04. The standard InChI is InChI=1S/C17H23N3O3/c1-17(2,3)20-11-13(9-19-20)16(22)18-10-15(21)12-5-7-14(23-4)8-6-12/h5-9,11,15,21H,10H2,1-4H3,(H,18,22). The van der Waals surface area contributed by atoms with E-state index in [1.807, 2.05) is 20.8 Å². The molecule has 23 heavy (non-hydrogen) atoms. The molecule has 0 spiro atoms. The zero-order chi connectivity index (χ0) is 17.0. The number of nitrogens with one attached hydrogen (secondary N) is 1. The summed E-state index contributed by atoms with van der Waals surface area (Å²) in [4.78, 5) is 12.1. The maximum Gasteiger partial charge on any atom is 0.254 e. The van der Waals surface area contributed by atoms with Crippen LogP contribution in [0.3, 0.4) is 0 Å². The summed E-state index contributed by atoms with van der Waals surface area (Å²) in [7, 11) is 1.59. The number of hydrogen-bond acceptors (Lipinski definition) is 4. The van der Waals surface area contributed by atoms with Crippen molar-refractivity contribution in [3.8, 4) is 5.75 Å². The van der Waals surface area contributed by atoms with Crippen LogP contribution in [0.4, 0.5) is 0 Å². The van der Waals surface area contributed by atoms with Crippen molar-refractivity contribution in [3.05, 3.63) is 47.8 Å². The Hall–Kier alpha value is -2.34. The van der Waals surface area contributed by atoms with E-state index in [2.05, 4.69) is 10.4 Å². The molecule has 0 fully saturated rings. The van der Waals surface area contributed by atoms with E-state index in [1.54, 1.807) is 42.3 Å². The molecule has 2 N–H and O–H groups in total. The van der Waals surface area contributed by atoms with Crippen LogP contribution in [0.1, 0.15) is 42.8 Å². The summed E-state index contributed by atoms with van der Waals surface area (Å²) < 4.78 is 6.81. The largest absolute Gasteiger partial charge is 0.497 e. The van der Waals surface area contributed by atoms with Gasteiger partial charge in [0.15, 0.2) is 0 Å². The van der Waals surface area contributed by atoms with E-state index in [1.165, 1.54) is 6.20 Å². The molecule has 0 aliphatic rings. The molecule has 6 heteroatoms. The molecule has 2 aromatic rings. The Morgan fingerprint density at radius 2 is 2.00 bits per heavy atom. The van der Waals surface area contributed by atoms with Crippen molar-refractivity contribution in [2.75, 3.05) is 13.7 Å². The monoisotopic (exact) mass is 317 g/mol. The van der Waals surface area contributed by atoms with Gasteiger partial charge in [0.1, 0.15) is 5.75 Å². The van der Waals surface area contributed by atoms with Gasteiger partial charge in [0.05, 0.1) is 30.5 Å². The predicted octanol–water partition coefficient (Wildman–Crippen LogP) is 2.11. The van der Waals surface area contributed by atoms with Gasteiger partial charge in [0.25, 0.3) is 5.91 Å². The van der Waals surface area contributed by atoms with Gasteiger partial charge in [-0.3, -0.25) is 9.48 Å². The van der Waals surface area contributed by atoms with Crippen molar-refractivity contribution >= 4 is 5.91 Å². The zero-order valence-electron chi connectivity index (χ0n) is 13.9. The fourth-order valence-corrected chi connectivity index (χ4v) is 2.04. The van der Waals surface area contributed by atoms with Crippen molar-refractivity contribution in [2.24, 2.45) is 0 Å². The molecule has 0 saturated carbocycles. The minimum absolute atomic E-state index is 0.131. The van der Waals surface area contributed by atoms with Gasteiger partial charge in [0, 0.05) is 12.7 Å². The van der Waals surface area contributed by atoms with Crippen LogP contribution in [0.15, 0.2) is 36.7 Å². The first-order valence-corrected chi connectivity index (χ1v) is 7.46. The molecule has 0 bridgehead atoms. The topological polar surface area (TPSA) is 76.4 Å². The van der Waals surface area contributed by atoms with Crippen LogP contribution in [0.5, 0.6) is 5.75 Å². The number of aliphatic hydroxyl groups is 1. The second-order valence-electron chi connectivity index (χ2n) is 6.34. The Morgan fingerprint density at radius 1 is 1.35 bits per heavy atom. The lowest BCUT2D eigenvalue weighted by Crippen LogP contribution is -2.28. The molecule has 1 aromatic heterocycles. The first-order valence-electron chi connectivity index (χ1n) is 7.46. The average Bonchev–Trinajstić information content (AvgIpc) is 3.02. The maximum absolute atomic E-state index is 12.1. The number of aliphatic hydroxyl groups excluding tert-OH is 1. The van der Waals surface area contributed by atoms with Crippen LogP contribution in [-0.2, 0) is 5.54 Å². The van der Waals surface area contributed by atoms with Gasteiger partial charge in [-0.15, -0.1) is 0 Å². The first kappa shape index (κ1) is 17.0. The number of carbonyl (C=O) groups is 1. The second-order valence-corrected chi connectivity index (χ2v) is 6.34. The number of nitrogens with zero attached hydrogens (tertiary/aromatic N) is 2. The number of aromatic nitrogens is 2. The van der Waals surface area contributed by atoms with E-state index >= 15 is 0 Å². The predicted molar refractivity (Wildman–Crippen MR) is 87.5 cm³/mol. The molecule has 0 radical (unpaired) electrons. The molecule has 0 aliphatic carbocycles. The average molecular weight is 317 g/mol. The molecule has 0 saturated heterocycles. The van der Waals surface area contributed by atoms with Gasteiger partial charge in [-0.25, -0.2) is 0 Å². The lowest BCUT2D eigenvalue weighted by Gasteiger charge is -2.18. The molecule has 6 nitrogen and oxygen atoms in total. The maximum atomic E-state index is 12.1. The van der Waals surface area contributed by atoms with Crippen LogP contribution in [-0.4, -0.2) is 34.4 Å². The summed E-state index contributed by atoms with van der Waals surface area (Å²) in [5, 5.41) is 17.0. The van der Waals surface area contributed by atoms with Crippen molar-refractivity contribution < 1.29 is 14.6 Å². The minimum Gasteiger partial charge on any atom is -0.497 e. The number of hydrogen-bond donors (Lipinski definition) is 2. The number of rotatable bonds is 5. The van der Waals surface area contributed by atoms with E-state index in [9.17, 15) is 9.90 Å². The molecule has 0 aliphatic heterocycles. The number of benzene rings is 1. The zero-order valence-corrected chi connectivity index (χ0v) is 13.9. The molecular formula is C17H23N3O3. The highest BCUT2D eigenvalue weighted by atomic mass is 16.5. The highest BCUT2D eigenvalue weighted by Gasteiger charge is 2.17. The molecule has 1 atom stereocenters. The van der Waals surface area contributed by atoms with E-state index in [0.717, 1.165) is 11.3 Å². The van der Waals surface area contributed by atoms with E-state index in [-0.39, 0.29) is 18.0 Å². The van der Waals surface area contributed by atoms with E-state index in [4.69, 9.17) is 4.74 Å². The summed E-state index contributed by atoms with van der Waals surface area (Å²) in [6, 6.07) is 7.09. The highest BCUT2D eigenvalue weighted by Crippen LogP contribution is 2.17. The van der Waals surface area contributed by atoms with Crippen molar-refractivity contribution in [3.63, 3.8) is 0 Å². The van der Waals surface area contributed by atoms with Crippen molar-refractivity contribution in [1.29, 1.82) is 0 Å². The lowest BCUT2D eigenvalue weighted by atomic mass is 10.1. The highest BCUT2D eigenvalue weighted by molar-refractivity contribution is 5.93. The Labute approximate surface area is 136 Å². The van der Waals surface area contributed by atoms with Crippen LogP contribution in [0.2, 0.25) is 0 Å². The van der Waals surface area contributed by atoms with Gasteiger partial charge in [-0.1, -0.05) is 12.1 Å². The summed E-state index contributed by atoms with van der Waals surface area (Å²) in [5.74, 6) is 0.465. The molecule has 1 unspecified atom stereocenters. The van der Waals surface area contributed by atoms with Gasteiger partial charge in [-0.05, 0) is 38.5 Å². The van der Waals surface area contributed by atoms with E-state index in [0.29, 0.717) is 5.56 Å². The fraction of sp³-hybridized carbons (Fsp3) is 0.412. The van der Waals surface area contributed by atoms with Crippen LogP contribution in [0.25, 0.3) is 0 Å². The molecule has 1 aromatic carbocycles. The Bertz CT molecular complexity index is 656. The van der Waals surface area contributed by atoms with Gasteiger partial charge in [0.2, 0.25) is 0 Å². The normalized spacial score (nSPS) is 12.7. The third-order valence-electron chi connectivity index (χ3n) is 3.49. The third kappa shape index (κ3) is 4.32. The Balaban J connectivity index is 1.94.